The lowest BCUT2D eigenvalue weighted by Crippen LogP contribution is -2.37. The van der Waals surface area contributed by atoms with Crippen molar-refractivity contribution in [3.05, 3.63) is 41.3 Å². The molecule has 1 heterocycles. The molecule has 0 aliphatic carbocycles. The van der Waals surface area contributed by atoms with Gasteiger partial charge in [0, 0.05) is 24.9 Å². The summed E-state index contributed by atoms with van der Waals surface area (Å²) in [6.45, 7) is 3.60. The van der Waals surface area contributed by atoms with Gasteiger partial charge in [0.25, 0.3) is 0 Å². The minimum absolute atomic E-state index is 0.108. The van der Waals surface area contributed by atoms with E-state index in [4.69, 9.17) is 4.74 Å². The third kappa shape index (κ3) is 4.34. The standard InChI is InChI=1S/C16H20N2O4S2/c1-12-8-9-16(23-12)24(20,21)17-10-11-18(13(2)19)14-6-4-5-7-15(14)22-3/h4-9,17H,10-11H2,1-3H3. The van der Waals surface area contributed by atoms with Gasteiger partial charge in [-0.1, -0.05) is 12.1 Å². The lowest BCUT2D eigenvalue weighted by atomic mass is 10.2. The molecule has 1 aromatic heterocycles. The highest BCUT2D eigenvalue weighted by Gasteiger charge is 2.19. The van der Waals surface area contributed by atoms with E-state index in [1.54, 1.807) is 30.3 Å². The number of hydrogen-bond donors (Lipinski definition) is 1. The molecule has 0 fully saturated rings. The zero-order valence-corrected chi connectivity index (χ0v) is 15.4. The number of ether oxygens (including phenoxy) is 1. The molecule has 1 aromatic carbocycles. The molecule has 0 saturated heterocycles. The van der Waals surface area contributed by atoms with Crippen LogP contribution in [0.5, 0.6) is 5.75 Å². The monoisotopic (exact) mass is 368 g/mol. The van der Waals surface area contributed by atoms with E-state index in [1.165, 1.54) is 30.3 Å². The number of carbonyl (C=O) groups is 1. The lowest BCUT2D eigenvalue weighted by Gasteiger charge is -2.23. The SMILES string of the molecule is COc1ccccc1N(CCNS(=O)(=O)c1ccc(C)s1)C(C)=O. The van der Waals surface area contributed by atoms with Crippen molar-refractivity contribution < 1.29 is 17.9 Å². The van der Waals surface area contributed by atoms with E-state index in [9.17, 15) is 13.2 Å². The summed E-state index contributed by atoms with van der Waals surface area (Å²) in [6.07, 6.45) is 0. The van der Waals surface area contributed by atoms with Crippen LogP contribution in [-0.2, 0) is 14.8 Å². The molecule has 0 aliphatic rings. The van der Waals surface area contributed by atoms with Crippen molar-refractivity contribution in [2.75, 3.05) is 25.1 Å². The first-order valence-corrected chi connectivity index (χ1v) is 9.62. The Kier molecular flexibility index (Phi) is 5.98. The van der Waals surface area contributed by atoms with Crippen LogP contribution in [0.4, 0.5) is 5.69 Å². The normalized spacial score (nSPS) is 11.3. The predicted molar refractivity (Wildman–Crippen MR) is 95.3 cm³/mol. The van der Waals surface area contributed by atoms with Gasteiger partial charge >= 0.3 is 0 Å². The number of amides is 1. The molecule has 0 aliphatic heterocycles. The van der Waals surface area contributed by atoms with E-state index in [1.807, 2.05) is 13.0 Å². The fourth-order valence-electron chi connectivity index (χ4n) is 2.22. The highest BCUT2D eigenvalue weighted by molar-refractivity contribution is 7.91. The molecule has 2 rings (SSSR count). The first-order valence-electron chi connectivity index (χ1n) is 7.32. The van der Waals surface area contributed by atoms with Crippen LogP contribution in [0.1, 0.15) is 11.8 Å². The second-order valence-corrected chi connectivity index (χ2v) is 8.39. The number of nitrogens with one attached hydrogen (secondary N) is 1. The van der Waals surface area contributed by atoms with E-state index in [0.717, 1.165) is 4.88 Å². The minimum Gasteiger partial charge on any atom is -0.495 e. The van der Waals surface area contributed by atoms with Crippen molar-refractivity contribution in [2.45, 2.75) is 18.1 Å². The van der Waals surface area contributed by atoms with E-state index >= 15 is 0 Å². The van der Waals surface area contributed by atoms with Crippen LogP contribution in [0.15, 0.2) is 40.6 Å². The molecule has 0 radical (unpaired) electrons. The van der Waals surface area contributed by atoms with Gasteiger partial charge in [-0.25, -0.2) is 13.1 Å². The number of aryl methyl sites for hydroxylation is 1. The van der Waals surface area contributed by atoms with E-state index in [-0.39, 0.29) is 23.2 Å². The van der Waals surface area contributed by atoms with Crippen molar-refractivity contribution in [3.8, 4) is 5.75 Å². The first kappa shape index (κ1) is 18.4. The maximum Gasteiger partial charge on any atom is 0.250 e. The smallest absolute Gasteiger partial charge is 0.250 e. The molecule has 0 bridgehead atoms. The van der Waals surface area contributed by atoms with Gasteiger partial charge < -0.3 is 9.64 Å². The molecule has 0 spiro atoms. The fourth-order valence-corrected chi connectivity index (χ4v) is 4.57. The summed E-state index contributed by atoms with van der Waals surface area (Å²) >= 11 is 1.21. The van der Waals surface area contributed by atoms with E-state index in [2.05, 4.69) is 4.72 Å². The number of hydrogen-bond acceptors (Lipinski definition) is 5. The van der Waals surface area contributed by atoms with Crippen molar-refractivity contribution >= 4 is 33.0 Å². The Labute approximate surface area is 146 Å². The maximum atomic E-state index is 12.2. The van der Waals surface area contributed by atoms with Crippen molar-refractivity contribution in [3.63, 3.8) is 0 Å². The number of benzene rings is 1. The highest BCUT2D eigenvalue weighted by atomic mass is 32.2. The molecule has 0 unspecified atom stereocenters. The number of anilines is 1. The van der Waals surface area contributed by atoms with Gasteiger partial charge in [-0.2, -0.15) is 0 Å². The van der Waals surface area contributed by atoms with E-state index < -0.39 is 10.0 Å². The van der Waals surface area contributed by atoms with Crippen LogP contribution in [0.2, 0.25) is 0 Å². The second kappa shape index (κ2) is 7.78. The number of methoxy groups -OCH3 is 1. The summed E-state index contributed by atoms with van der Waals surface area (Å²) in [4.78, 5) is 14.3. The maximum absolute atomic E-state index is 12.2. The summed E-state index contributed by atoms with van der Waals surface area (Å²) in [7, 11) is -2.03. The molecule has 6 nitrogen and oxygen atoms in total. The summed E-state index contributed by atoms with van der Waals surface area (Å²) < 4.78 is 32.5. The lowest BCUT2D eigenvalue weighted by molar-refractivity contribution is -0.116. The van der Waals surface area contributed by atoms with Crippen LogP contribution in [0.3, 0.4) is 0 Å². The number of thiophene rings is 1. The molecule has 0 atom stereocenters. The Hall–Kier alpha value is -1.90. The third-order valence-corrected chi connectivity index (χ3v) is 6.32. The Morgan fingerprint density at radius 3 is 2.54 bits per heavy atom. The van der Waals surface area contributed by atoms with Crippen LogP contribution in [0, 0.1) is 6.92 Å². The molecular formula is C16H20N2O4S2. The Morgan fingerprint density at radius 1 is 1.25 bits per heavy atom. The first-order chi connectivity index (χ1) is 11.3. The highest BCUT2D eigenvalue weighted by Crippen LogP contribution is 2.27. The molecule has 1 amide bonds. The largest absolute Gasteiger partial charge is 0.495 e. The number of sulfonamides is 1. The van der Waals surface area contributed by atoms with Gasteiger partial charge in [0.2, 0.25) is 15.9 Å². The minimum atomic E-state index is -3.56. The Morgan fingerprint density at radius 2 is 1.96 bits per heavy atom. The molecule has 2 aromatic rings. The zero-order valence-electron chi connectivity index (χ0n) is 13.8. The zero-order chi connectivity index (χ0) is 17.7. The summed E-state index contributed by atoms with van der Waals surface area (Å²) in [5.41, 5.74) is 0.610. The van der Waals surface area contributed by atoms with Gasteiger partial charge in [-0.15, -0.1) is 11.3 Å². The fraction of sp³-hybridized carbons (Fsp3) is 0.312. The average Bonchev–Trinajstić information content (AvgIpc) is 2.99. The Bertz CT molecular complexity index is 815. The van der Waals surface area contributed by atoms with Crippen LogP contribution >= 0.6 is 11.3 Å². The second-order valence-electron chi connectivity index (χ2n) is 5.11. The summed E-state index contributed by atoms with van der Waals surface area (Å²) in [5, 5.41) is 0. The molecule has 24 heavy (non-hydrogen) atoms. The van der Waals surface area contributed by atoms with E-state index in [0.29, 0.717) is 11.4 Å². The predicted octanol–water partition coefficient (Wildman–Crippen LogP) is 2.40. The van der Waals surface area contributed by atoms with Crippen LogP contribution in [0.25, 0.3) is 0 Å². The summed E-state index contributed by atoms with van der Waals surface area (Å²) in [6, 6.07) is 10.5. The number of rotatable bonds is 7. The van der Waals surface area contributed by atoms with Gasteiger partial charge in [-0.3, -0.25) is 4.79 Å². The molecule has 1 N–H and O–H groups in total. The molecule has 8 heteroatoms. The summed E-state index contributed by atoms with van der Waals surface area (Å²) in [5.74, 6) is 0.370. The van der Waals surface area contributed by atoms with Gasteiger partial charge in [0.1, 0.15) is 9.96 Å². The van der Waals surface area contributed by atoms with Crippen molar-refractivity contribution in [2.24, 2.45) is 0 Å². The molecular weight excluding hydrogens is 348 g/mol. The molecule has 130 valence electrons. The van der Waals surface area contributed by atoms with Crippen molar-refractivity contribution in [1.82, 2.24) is 4.72 Å². The van der Waals surface area contributed by atoms with Gasteiger partial charge in [0.05, 0.1) is 12.8 Å². The third-order valence-electron chi connectivity index (χ3n) is 3.36. The van der Waals surface area contributed by atoms with Gasteiger partial charge in [-0.05, 0) is 31.2 Å². The molecule has 0 saturated carbocycles. The number of nitrogens with zero attached hydrogens (tertiary/aromatic N) is 1. The van der Waals surface area contributed by atoms with Gasteiger partial charge in [0.15, 0.2) is 0 Å². The number of para-hydroxylation sites is 2. The Balaban J connectivity index is 2.09. The number of carbonyl (C=O) groups excluding carboxylic acids is 1. The van der Waals surface area contributed by atoms with Crippen molar-refractivity contribution in [1.29, 1.82) is 0 Å². The quantitative estimate of drug-likeness (QED) is 0.814. The van der Waals surface area contributed by atoms with Crippen LogP contribution in [-0.4, -0.2) is 34.5 Å². The van der Waals surface area contributed by atoms with Crippen LogP contribution < -0.4 is 14.4 Å². The topological polar surface area (TPSA) is 75.7 Å². The average molecular weight is 368 g/mol.